The third-order valence-electron chi connectivity index (χ3n) is 4.70. The van der Waals surface area contributed by atoms with Crippen molar-refractivity contribution >= 4 is 27.5 Å². The molecule has 28 heavy (non-hydrogen) atoms. The molecule has 0 radical (unpaired) electrons. The van der Waals surface area contributed by atoms with E-state index in [2.05, 4.69) is 15.5 Å². The molecule has 1 aliphatic heterocycles. The molecular formula is C19H29N3O5S. The molecule has 0 saturated carbocycles. The van der Waals surface area contributed by atoms with Gasteiger partial charge in [0.25, 0.3) is 0 Å². The standard InChI is InChI=1S/C19H29N3O5S/c1-3-27-19(24)20-12-9-18(23)21-15-10-13-22(14-11-15)16-5-7-17(8-6-16)28(25,26)4-2/h5-8,15H,3-4,9-14H2,1-2H3,(H,20,24)(H,21,23). The molecule has 1 saturated heterocycles. The van der Waals surface area contributed by atoms with Crippen molar-refractivity contribution < 1.29 is 22.7 Å². The Balaban J connectivity index is 1.75. The minimum absolute atomic E-state index is 0.0900. The first-order chi connectivity index (χ1) is 13.4. The average Bonchev–Trinajstić information content (AvgIpc) is 2.69. The maximum atomic E-state index is 12.0. The van der Waals surface area contributed by atoms with Crippen molar-refractivity contribution in [3.05, 3.63) is 24.3 Å². The Bertz CT molecular complexity index is 756. The van der Waals surface area contributed by atoms with Crippen LogP contribution < -0.4 is 15.5 Å². The third-order valence-corrected chi connectivity index (χ3v) is 6.45. The van der Waals surface area contributed by atoms with Gasteiger partial charge in [-0.1, -0.05) is 6.92 Å². The van der Waals surface area contributed by atoms with Gasteiger partial charge in [-0.3, -0.25) is 4.79 Å². The first-order valence-electron chi connectivity index (χ1n) is 9.63. The highest BCUT2D eigenvalue weighted by Gasteiger charge is 2.21. The van der Waals surface area contributed by atoms with E-state index in [1.54, 1.807) is 26.0 Å². The average molecular weight is 412 g/mol. The molecule has 2 rings (SSSR count). The molecule has 156 valence electrons. The van der Waals surface area contributed by atoms with Crippen LogP contribution in [-0.4, -0.2) is 58.5 Å². The number of nitrogens with one attached hydrogen (secondary N) is 2. The number of carbonyl (C=O) groups is 2. The number of piperidine rings is 1. The van der Waals surface area contributed by atoms with E-state index in [0.29, 0.717) is 11.5 Å². The van der Waals surface area contributed by atoms with Crippen LogP contribution in [-0.2, 0) is 19.4 Å². The van der Waals surface area contributed by atoms with E-state index in [1.165, 1.54) is 0 Å². The van der Waals surface area contributed by atoms with Gasteiger partial charge in [0, 0.05) is 37.8 Å². The largest absolute Gasteiger partial charge is 0.450 e. The van der Waals surface area contributed by atoms with Crippen molar-refractivity contribution in [3.8, 4) is 0 Å². The fourth-order valence-corrected chi connectivity index (χ4v) is 3.96. The lowest BCUT2D eigenvalue weighted by Gasteiger charge is -2.34. The van der Waals surface area contributed by atoms with Gasteiger partial charge in [-0.2, -0.15) is 0 Å². The number of anilines is 1. The number of alkyl carbamates (subject to hydrolysis) is 1. The lowest BCUT2D eigenvalue weighted by Crippen LogP contribution is -2.45. The van der Waals surface area contributed by atoms with Gasteiger partial charge in [0.1, 0.15) is 0 Å². The first kappa shape index (κ1) is 22.0. The van der Waals surface area contributed by atoms with E-state index in [-0.39, 0.29) is 30.7 Å². The maximum absolute atomic E-state index is 12.0. The van der Waals surface area contributed by atoms with E-state index in [0.717, 1.165) is 31.6 Å². The predicted octanol–water partition coefficient (Wildman–Crippen LogP) is 1.70. The van der Waals surface area contributed by atoms with E-state index >= 15 is 0 Å². The zero-order chi connectivity index (χ0) is 20.6. The van der Waals surface area contributed by atoms with Gasteiger partial charge in [0.2, 0.25) is 5.91 Å². The third kappa shape index (κ3) is 6.40. The summed E-state index contributed by atoms with van der Waals surface area (Å²) in [6.07, 6.45) is 1.33. The molecule has 0 aliphatic carbocycles. The Hall–Kier alpha value is -2.29. The Morgan fingerprint density at radius 2 is 1.79 bits per heavy atom. The molecule has 1 aromatic carbocycles. The lowest BCUT2D eigenvalue weighted by molar-refractivity contribution is -0.121. The van der Waals surface area contributed by atoms with Gasteiger partial charge in [-0.15, -0.1) is 0 Å². The van der Waals surface area contributed by atoms with Gasteiger partial charge in [-0.05, 0) is 44.0 Å². The van der Waals surface area contributed by atoms with Crippen molar-refractivity contribution in [1.29, 1.82) is 0 Å². The molecule has 1 heterocycles. The van der Waals surface area contributed by atoms with Gasteiger partial charge in [0.15, 0.2) is 9.84 Å². The van der Waals surface area contributed by atoms with Crippen molar-refractivity contribution in [2.45, 2.75) is 44.0 Å². The highest BCUT2D eigenvalue weighted by molar-refractivity contribution is 7.91. The van der Waals surface area contributed by atoms with Crippen LogP contribution in [0, 0.1) is 0 Å². The van der Waals surface area contributed by atoms with E-state index in [9.17, 15) is 18.0 Å². The normalized spacial score (nSPS) is 15.1. The molecule has 8 nitrogen and oxygen atoms in total. The summed E-state index contributed by atoms with van der Waals surface area (Å²) >= 11 is 0. The zero-order valence-corrected chi connectivity index (χ0v) is 17.3. The summed E-state index contributed by atoms with van der Waals surface area (Å²) in [5.74, 6) is -0.00315. The number of rotatable bonds is 8. The SMILES string of the molecule is CCOC(=O)NCCC(=O)NC1CCN(c2ccc(S(=O)(=O)CC)cc2)CC1. The lowest BCUT2D eigenvalue weighted by atomic mass is 10.0. The van der Waals surface area contributed by atoms with Crippen LogP contribution in [0.3, 0.4) is 0 Å². The highest BCUT2D eigenvalue weighted by Crippen LogP contribution is 2.22. The summed E-state index contributed by atoms with van der Waals surface area (Å²) in [4.78, 5) is 25.7. The number of sulfone groups is 1. The number of hydrogen-bond acceptors (Lipinski definition) is 6. The molecule has 9 heteroatoms. The molecule has 1 fully saturated rings. The second kappa shape index (κ2) is 10.3. The van der Waals surface area contributed by atoms with Crippen molar-refractivity contribution in [2.24, 2.45) is 0 Å². The summed E-state index contributed by atoms with van der Waals surface area (Å²) in [5, 5.41) is 5.52. The molecule has 1 aliphatic rings. The number of hydrogen-bond donors (Lipinski definition) is 2. The second-order valence-corrected chi connectivity index (χ2v) is 8.90. The summed E-state index contributed by atoms with van der Waals surface area (Å²) in [5.41, 5.74) is 0.985. The Morgan fingerprint density at radius 1 is 1.14 bits per heavy atom. The second-order valence-electron chi connectivity index (χ2n) is 6.62. The molecule has 0 aromatic heterocycles. The van der Waals surface area contributed by atoms with Crippen LogP contribution in [0.25, 0.3) is 0 Å². The Kier molecular flexibility index (Phi) is 8.10. The maximum Gasteiger partial charge on any atom is 0.407 e. The smallest absolute Gasteiger partial charge is 0.407 e. The van der Waals surface area contributed by atoms with Crippen molar-refractivity contribution in [2.75, 3.05) is 36.9 Å². The monoisotopic (exact) mass is 411 g/mol. The molecule has 1 aromatic rings. The summed E-state index contributed by atoms with van der Waals surface area (Å²) in [6, 6.07) is 7.08. The van der Waals surface area contributed by atoms with Crippen molar-refractivity contribution in [1.82, 2.24) is 10.6 Å². The summed E-state index contributed by atoms with van der Waals surface area (Å²) < 4.78 is 28.5. The van der Waals surface area contributed by atoms with Crippen LogP contribution in [0.1, 0.15) is 33.1 Å². The number of amides is 2. The quantitative estimate of drug-likeness (QED) is 0.675. The van der Waals surface area contributed by atoms with Crippen LogP contribution in [0.5, 0.6) is 0 Å². The van der Waals surface area contributed by atoms with Crippen LogP contribution in [0.15, 0.2) is 29.2 Å². The predicted molar refractivity (Wildman–Crippen MR) is 107 cm³/mol. The highest BCUT2D eigenvalue weighted by atomic mass is 32.2. The Morgan fingerprint density at radius 3 is 2.36 bits per heavy atom. The molecule has 0 spiro atoms. The number of ether oxygens (including phenoxy) is 1. The van der Waals surface area contributed by atoms with Crippen LogP contribution in [0.2, 0.25) is 0 Å². The van der Waals surface area contributed by atoms with Crippen molar-refractivity contribution in [3.63, 3.8) is 0 Å². The van der Waals surface area contributed by atoms with Gasteiger partial charge >= 0.3 is 6.09 Å². The summed E-state index contributed by atoms with van der Waals surface area (Å²) in [7, 11) is -3.18. The minimum atomic E-state index is -3.18. The van der Waals surface area contributed by atoms with E-state index in [4.69, 9.17) is 4.74 Å². The Labute approximate surface area is 166 Å². The number of carbonyl (C=O) groups excluding carboxylic acids is 2. The van der Waals surface area contributed by atoms with Crippen LogP contribution in [0.4, 0.5) is 10.5 Å². The zero-order valence-electron chi connectivity index (χ0n) is 16.4. The van der Waals surface area contributed by atoms with E-state index < -0.39 is 15.9 Å². The van der Waals surface area contributed by atoms with E-state index in [1.807, 2.05) is 12.1 Å². The van der Waals surface area contributed by atoms with Gasteiger partial charge < -0.3 is 20.3 Å². The minimum Gasteiger partial charge on any atom is -0.450 e. The first-order valence-corrected chi connectivity index (χ1v) is 11.3. The summed E-state index contributed by atoms with van der Waals surface area (Å²) in [6.45, 7) is 5.47. The molecule has 0 atom stereocenters. The molecule has 2 N–H and O–H groups in total. The number of benzene rings is 1. The molecule has 0 unspecified atom stereocenters. The van der Waals surface area contributed by atoms with Gasteiger partial charge in [-0.25, -0.2) is 13.2 Å². The number of nitrogens with zero attached hydrogens (tertiary/aromatic N) is 1. The fraction of sp³-hybridized carbons (Fsp3) is 0.579. The molecule has 2 amide bonds. The molecular weight excluding hydrogens is 382 g/mol. The van der Waals surface area contributed by atoms with Gasteiger partial charge in [0.05, 0.1) is 17.3 Å². The van der Waals surface area contributed by atoms with Crippen LogP contribution >= 0.6 is 0 Å². The topological polar surface area (TPSA) is 105 Å². The molecule has 0 bridgehead atoms. The fourth-order valence-electron chi connectivity index (χ4n) is 3.07.